The van der Waals surface area contributed by atoms with Crippen molar-refractivity contribution in [3.8, 4) is 0 Å². The summed E-state index contributed by atoms with van der Waals surface area (Å²) in [6.07, 6.45) is 3.84. The Balaban J connectivity index is 2.11. The molecule has 0 saturated heterocycles. The van der Waals surface area contributed by atoms with Gasteiger partial charge in [-0.1, -0.05) is 6.07 Å². The van der Waals surface area contributed by atoms with Gasteiger partial charge in [-0.2, -0.15) is 5.10 Å². The Morgan fingerprint density at radius 3 is 2.86 bits per heavy atom. The highest BCUT2D eigenvalue weighted by Gasteiger charge is 2.07. The van der Waals surface area contributed by atoms with Gasteiger partial charge in [0.2, 0.25) is 0 Å². The number of nitrogens with one attached hydrogen (secondary N) is 2. The number of carboxylic acid groups (broad SMARTS) is 1. The van der Waals surface area contributed by atoms with Gasteiger partial charge in [-0.05, 0) is 36.3 Å². The van der Waals surface area contributed by atoms with Crippen molar-refractivity contribution in [1.82, 2.24) is 20.5 Å². The maximum atomic E-state index is 12.1. The van der Waals surface area contributed by atoms with Crippen molar-refractivity contribution in [3.63, 3.8) is 0 Å². The van der Waals surface area contributed by atoms with E-state index in [2.05, 4.69) is 20.5 Å². The molecule has 7 nitrogen and oxygen atoms in total. The molecule has 108 valence electrons. The molecule has 0 bridgehead atoms. The molecule has 3 N–H and O–H groups in total. The van der Waals surface area contributed by atoms with Crippen molar-refractivity contribution < 1.29 is 14.7 Å². The van der Waals surface area contributed by atoms with E-state index >= 15 is 0 Å². The molecule has 1 heterocycles. The van der Waals surface area contributed by atoms with Gasteiger partial charge >= 0.3 is 5.97 Å². The largest absolute Gasteiger partial charge is 0.478 e. The molecule has 0 aliphatic heterocycles. The number of H-pyrrole nitrogens is 1. The van der Waals surface area contributed by atoms with Crippen LogP contribution in [0.5, 0.6) is 0 Å². The van der Waals surface area contributed by atoms with E-state index < -0.39 is 5.97 Å². The Hall–Kier alpha value is -2.96. The van der Waals surface area contributed by atoms with Gasteiger partial charge in [0.05, 0.1) is 6.54 Å². The zero-order chi connectivity index (χ0) is 15.2. The second-order valence-electron chi connectivity index (χ2n) is 4.42. The van der Waals surface area contributed by atoms with Crippen LogP contribution in [0.1, 0.15) is 27.3 Å². The molecular weight excluding hydrogens is 272 g/mol. The minimum Gasteiger partial charge on any atom is -0.478 e. The van der Waals surface area contributed by atoms with Gasteiger partial charge in [-0.25, -0.2) is 9.78 Å². The Kier molecular flexibility index (Phi) is 4.45. The van der Waals surface area contributed by atoms with Gasteiger partial charge in [-0.15, -0.1) is 0 Å². The number of amides is 1. The van der Waals surface area contributed by atoms with Crippen molar-refractivity contribution in [2.45, 2.75) is 13.5 Å². The van der Waals surface area contributed by atoms with Crippen LogP contribution in [0.3, 0.4) is 0 Å². The SMILES string of the molecule is Cc1cc(/C=C/C(=O)O)cc(C(=O)NCc2ncn[nH]2)c1. The van der Waals surface area contributed by atoms with Crippen LogP contribution in [-0.4, -0.2) is 32.2 Å². The summed E-state index contributed by atoms with van der Waals surface area (Å²) in [5.74, 6) is -0.741. The van der Waals surface area contributed by atoms with Gasteiger partial charge < -0.3 is 10.4 Å². The summed E-state index contributed by atoms with van der Waals surface area (Å²) < 4.78 is 0. The smallest absolute Gasteiger partial charge is 0.328 e. The summed E-state index contributed by atoms with van der Waals surface area (Å²) in [6.45, 7) is 2.08. The van der Waals surface area contributed by atoms with Crippen LogP contribution in [0.25, 0.3) is 6.08 Å². The number of aromatic amines is 1. The van der Waals surface area contributed by atoms with Crippen LogP contribution in [0.4, 0.5) is 0 Å². The molecule has 2 rings (SSSR count). The molecule has 1 amide bonds. The van der Waals surface area contributed by atoms with E-state index in [0.717, 1.165) is 11.6 Å². The van der Waals surface area contributed by atoms with Gasteiger partial charge in [0, 0.05) is 11.6 Å². The summed E-state index contributed by atoms with van der Waals surface area (Å²) in [7, 11) is 0. The highest BCUT2D eigenvalue weighted by molar-refractivity contribution is 5.95. The van der Waals surface area contributed by atoms with E-state index in [1.807, 2.05) is 6.92 Å². The van der Waals surface area contributed by atoms with Crippen molar-refractivity contribution in [1.29, 1.82) is 0 Å². The Morgan fingerprint density at radius 2 is 2.19 bits per heavy atom. The van der Waals surface area contributed by atoms with Gasteiger partial charge in [0.25, 0.3) is 5.91 Å². The summed E-state index contributed by atoms with van der Waals surface area (Å²) in [4.78, 5) is 26.5. The van der Waals surface area contributed by atoms with Crippen molar-refractivity contribution in [2.75, 3.05) is 0 Å². The highest BCUT2D eigenvalue weighted by Crippen LogP contribution is 2.11. The molecular formula is C14H14N4O3. The van der Waals surface area contributed by atoms with E-state index in [1.165, 1.54) is 12.4 Å². The number of hydrogen-bond donors (Lipinski definition) is 3. The third kappa shape index (κ3) is 4.27. The fraction of sp³-hybridized carbons (Fsp3) is 0.143. The molecule has 21 heavy (non-hydrogen) atoms. The quantitative estimate of drug-likeness (QED) is 0.714. The number of carbonyl (C=O) groups is 2. The zero-order valence-electron chi connectivity index (χ0n) is 11.3. The first-order valence-electron chi connectivity index (χ1n) is 6.20. The van der Waals surface area contributed by atoms with E-state index in [0.29, 0.717) is 17.0 Å². The van der Waals surface area contributed by atoms with Crippen LogP contribution in [0.2, 0.25) is 0 Å². The first kappa shape index (κ1) is 14.4. The molecule has 0 aliphatic rings. The number of benzene rings is 1. The molecule has 0 atom stereocenters. The predicted octanol–water partition coefficient (Wildman–Crippen LogP) is 1.14. The van der Waals surface area contributed by atoms with E-state index in [9.17, 15) is 9.59 Å². The Morgan fingerprint density at radius 1 is 1.38 bits per heavy atom. The number of hydrogen-bond acceptors (Lipinski definition) is 4. The lowest BCUT2D eigenvalue weighted by Crippen LogP contribution is -2.23. The number of aromatic nitrogens is 3. The molecule has 1 aromatic carbocycles. The third-order valence-corrected chi connectivity index (χ3v) is 2.66. The first-order chi connectivity index (χ1) is 10.0. The third-order valence-electron chi connectivity index (χ3n) is 2.66. The maximum Gasteiger partial charge on any atom is 0.328 e. The van der Waals surface area contributed by atoms with E-state index in [4.69, 9.17) is 5.11 Å². The van der Waals surface area contributed by atoms with Gasteiger partial charge in [0.1, 0.15) is 12.2 Å². The predicted molar refractivity (Wildman–Crippen MR) is 75.4 cm³/mol. The number of nitrogens with zero attached hydrogens (tertiary/aromatic N) is 2. The molecule has 0 fully saturated rings. The average molecular weight is 286 g/mol. The highest BCUT2D eigenvalue weighted by atomic mass is 16.4. The maximum absolute atomic E-state index is 12.1. The van der Waals surface area contributed by atoms with Crippen LogP contribution >= 0.6 is 0 Å². The topological polar surface area (TPSA) is 108 Å². The lowest BCUT2D eigenvalue weighted by atomic mass is 10.1. The van der Waals surface area contributed by atoms with Crippen molar-refractivity contribution in [2.24, 2.45) is 0 Å². The van der Waals surface area contributed by atoms with Crippen molar-refractivity contribution in [3.05, 3.63) is 53.1 Å². The van der Waals surface area contributed by atoms with E-state index in [1.54, 1.807) is 18.2 Å². The summed E-state index contributed by atoms with van der Waals surface area (Å²) >= 11 is 0. The molecule has 2 aromatic rings. The normalized spacial score (nSPS) is 10.7. The number of aryl methyl sites for hydroxylation is 1. The standard InChI is InChI=1S/C14H14N4O3/c1-9-4-10(2-3-13(19)20)6-11(5-9)14(21)15-7-12-16-8-17-18-12/h2-6,8H,7H2,1H3,(H,15,21)(H,19,20)(H,16,17,18)/b3-2+. The summed E-state index contributed by atoms with van der Waals surface area (Å²) in [5.41, 5.74) is 1.98. The molecule has 0 unspecified atom stereocenters. The van der Waals surface area contributed by atoms with Crippen LogP contribution in [0, 0.1) is 6.92 Å². The average Bonchev–Trinajstić information content (AvgIpc) is 2.95. The Bertz CT molecular complexity index is 678. The van der Waals surface area contributed by atoms with E-state index in [-0.39, 0.29) is 12.5 Å². The molecule has 0 saturated carbocycles. The second-order valence-corrected chi connectivity index (χ2v) is 4.42. The fourth-order valence-corrected chi connectivity index (χ4v) is 1.79. The molecule has 0 aliphatic carbocycles. The van der Waals surface area contributed by atoms with Gasteiger partial charge in [0.15, 0.2) is 0 Å². The number of carbonyl (C=O) groups excluding carboxylic acids is 1. The van der Waals surface area contributed by atoms with Crippen LogP contribution in [0.15, 0.2) is 30.6 Å². The Labute approximate surface area is 120 Å². The van der Waals surface area contributed by atoms with Gasteiger partial charge in [-0.3, -0.25) is 9.89 Å². The monoisotopic (exact) mass is 286 g/mol. The lowest BCUT2D eigenvalue weighted by Gasteiger charge is -2.06. The lowest BCUT2D eigenvalue weighted by molar-refractivity contribution is -0.131. The molecule has 0 spiro atoms. The minimum atomic E-state index is -1.03. The number of aliphatic carboxylic acids is 1. The molecule has 0 radical (unpaired) electrons. The zero-order valence-corrected chi connectivity index (χ0v) is 11.3. The summed E-state index contributed by atoms with van der Waals surface area (Å²) in [6, 6.07) is 5.16. The number of rotatable bonds is 5. The van der Waals surface area contributed by atoms with Crippen LogP contribution in [-0.2, 0) is 11.3 Å². The van der Waals surface area contributed by atoms with Crippen molar-refractivity contribution >= 4 is 18.0 Å². The minimum absolute atomic E-state index is 0.243. The molecule has 1 aromatic heterocycles. The first-order valence-corrected chi connectivity index (χ1v) is 6.20. The fourth-order valence-electron chi connectivity index (χ4n) is 1.79. The number of carboxylic acids is 1. The summed E-state index contributed by atoms with van der Waals surface area (Å²) in [5, 5.41) is 17.7. The second kappa shape index (κ2) is 6.47. The molecule has 7 heteroatoms. The van der Waals surface area contributed by atoms with Crippen LogP contribution < -0.4 is 5.32 Å².